The van der Waals surface area contributed by atoms with Gasteiger partial charge in [0.1, 0.15) is 0 Å². The molecule has 1 heterocycles. The second-order valence-electron chi connectivity index (χ2n) is 3.47. The second kappa shape index (κ2) is 4.13. The molecule has 0 aromatic heterocycles. The number of nitrogens with one attached hydrogen (secondary N) is 2. The molecule has 2 N–H and O–H groups in total. The molecule has 1 atom stereocenters. The van der Waals surface area contributed by atoms with Crippen molar-refractivity contribution in [3.63, 3.8) is 0 Å². The molecule has 84 valence electrons. The largest absolute Gasteiger partial charge is 0.315 e. The van der Waals surface area contributed by atoms with Gasteiger partial charge in [0.25, 0.3) is 0 Å². The van der Waals surface area contributed by atoms with Crippen LogP contribution in [0.2, 0.25) is 0 Å². The zero-order valence-electron chi connectivity index (χ0n) is 7.86. The Hall–Kier alpha value is -0.180. The Balaban J connectivity index is 2.58. The van der Waals surface area contributed by atoms with Crippen molar-refractivity contribution in [1.29, 1.82) is 0 Å². The number of sulfonamides is 1. The fraction of sp³-hybridized carbons (Fsp3) is 1.00. The van der Waals surface area contributed by atoms with Gasteiger partial charge in [0.2, 0.25) is 10.0 Å². The Kier molecular flexibility index (Phi) is 3.51. The number of rotatable bonds is 4. The third-order valence-corrected chi connectivity index (χ3v) is 5.42. The molecule has 1 fully saturated rings. The molecule has 8 heteroatoms. The van der Waals surface area contributed by atoms with E-state index < -0.39 is 24.9 Å². The first-order chi connectivity index (χ1) is 6.29. The predicted octanol–water partition coefficient (Wildman–Crippen LogP) is -1.73. The van der Waals surface area contributed by atoms with Gasteiger partial charge in [0, 0.05) is 18.8 Å². The van der Waals surface area contributed by atoms with Crippen LogP contribution in [0.5, 0.6) is 0 Å². The molecule has 0 amide bonds. The van der Waals surface area contributed by atoms with Gasteiger partial charge in [-0.25, -0.2) is 21.6 Å². The molecule has 0 unspecified atom stereocenters. The highest BCUT2D eigenvalue weighted by Crippen LogP contribution is 2.01. The molecule has 0 spiro atoms. The molecule has 0 aromatic carbocycles. The van der Waals surface area contributed by atoms with Crippen molar-refractivity contribution in [2.45, 2.75) is 12.5 Å². The van der Waals surface area contributed by atoms with Crippen LogP contribution in [0.4, 0.5) is 0 Å². The van der Waals surface area contributed by atoms with E-state index in [0.29, 0.717) is 13.0 Å². The van der Waals surface area contributed by atoms with Crippen LogP contribution in [0.15, 0.2) is 0 Å². The highest BCUT2D eigenvalue weighted by Gasteiger charge is 2.24. The summed E-state index contributed by atoms with van der Waals surface area (Å²) in [6, 6.07) is -0.179. The smallest absolute Gasteiger partial charge is 0.226 e. The molecule has 0 bridgehead atoms. The topological polar surface area (TPSA) is 92.3 Å². The molecule has 1 aliphatic heterocycles. The van der Waals surface area contributed by atoms with Crippen LogP contribution >= 0.6 is 0 Å². The lowest BCUT2D eigenvalue weighted by molar-refractivity contribution is 0.562. The molecule has 6 nitrogen and oxygen atoms in total. The summed E-state index contributed by atoms with van der Waals surface area (Å²) in [5.41, 5.74) is 0. The molecular formula is C6H14N2O4S2. The minimum Gasteiger partial charge on any atom is -0.315 e. The summed E-state index contributed by atoms with van der Waals surface area (Å²) in [6.07, 6.45) is 1.60. The van der Waals surface area contributed by atoms with Crippen LogP contribution in [-0.2, 0) is 19.9 Å². The number of sulfone groups is 1. The molecular weight excluding hydrogens is 228 g/mol. The molecule has 1 aliphatic rings. The fourth-order valence-electron chi connectivity index (χ4n) is 1.33. The first kappa shape index (κ1) is 11.9. The quantitative estimate of drug-likeness (QED) is 0.611. The highest BCUT2D eigenvalue weighted by molar-refractivity contribution is 8.06. The number of hydrogen-bond acceptors (Lipinski definition) is 5. The Morgan fingerprint density at radius 1 is 1.36 bits per heavy atom. The monoisotopic (exact) mass is 242 g/mol. The number of hydrogen-bond donors (Lipinski definition) is 2. The standard InChI is InChI=1S/C6H14N2O4S2/c1-13(9,10)5-14(11,12)8-6-2-3-7-4-6/h6-8H,2-5H2,1H3/t6-/m1/s1. The van der Waals surface area contributed by atoms with Crippen molar-refractivity contribution in [1.82, 2.24) is 10.0 Å². The van der Waals surface area contributed by atoms with Crippen LogP contribution in [-0.4, -0.2) is 47.3 Å². The van der Waals surface area contributed by atoms with Crippen LogP contribution in [0, 0.1) is 0 Å². The third-order valence-electron chi connectivity index (χ3n) is 1.78. The fourth-order valence-corrected chi connectivity index (χ4v) is 4.56. The lowest BCUT2D eigenvalue weighted by atomic mass is 10.3. The summed E-state index contributed by atoms with van der Waals surface area (Å²) in [5.74, 6) is 0. The van der Waals surface area contributed by atoms with Crippen molar-refractivity contribution >= 4 is 19.9 Å². The minimum atomic E-state index is -3.70. The van der Waals surface area contributed by atoms with E-state index in [9.17, 15) is 16.8 Å². The van der Waals surface area contributed by atoms with E-state index in [0.717, 1.165) is 12.8 Å². The maximum Gasteiger partial charge on any atom is 0.226 e. The van der Waals surface area contributed by atoms with Crippen molar-refractivity contribution in [2.24, 2.45) is 0 Å². The van der Waals surface area contributed by atoms with Gasteiger partial charge in [-0.3, -0.25) is 0 Å². The molecule has 0 radical (unpaired) electrons. The Morgan fingerprint density at radius 3 is 2.43 bits per heavy atom. The normalized spacial score (nSPS) is 23.9. The van der Waals surface area contributed by atoms with Crippen molar-refractivity contribution in [2.75, 3.05) is 24.4 Å². The minimum absolute atomic E-state index is 0.179. The molecule has 0 saturated carbocycles. The third kappa shape index (κ3) is 4.36. The van der Waals surface area contributed by atoms with E-state index >= 15 is 0 Å². The van der Waals surface area contributed by atoms with Gasteiger partial charge in [-0.05, 0) is 13.0 Å². The van der Waals surface area contributed by atoms with Gasteiger partial charge < -0.3 is 5.32 Å². The average molecular weight is 242 g/mol. The van der Waals surface area contributed by atoms with Crippen LogP contribution in [0.3, 0.4) is 0 Å². The summed E-state index contributed by atoms with van der Waals surface area (Å²) < 4.78 is 46.5. The molecule has 1 rings (SSSR count). The second-order valence-corrected chi connectivity index (χ2v) is 7.73. The Morgan fingerprint density at radius 2 is 2.00 bits per heavy atom. The Labute approximate surface area is 84.0 Å². The molecule has 0 aromatic rings. The summed E-state index contributed by atoms with van der Waals surface area (Å²) in [6.45, 7) is 1.31. The van der Waals surface area contributed by atoms with Gasteiger partial charge in [-0.1, -0.05) is 0 Å². The SMILES string of the molecule is CS(=O)(=O)CS(=O)(=O)N[C@@H]1CCNC1. The van der Waals surface area contributed by atoms with E-state index in [1.165, 1.54) is 0 Å². The van der Waals surface area contributed by atoms with E-state index in [1.54, 1.807) is 0 Å². The molecule has 0 aliphatic carbocycles. The molecule has 1 saturated heterocycles. The highest BCUT2D eigenvalue weighted by atomic mass is 32.3. The van der Waals surface area contributed by atoms with E-state index in [4.69, 9.17) is 0 Å². The summed E-state index contributed by atoms with van der Waals surface area (Å²) in [7, 11) is -7.20. The van der Waals surface area contributed by atoms with E-state index in [2.05, 4.69) is 10.0 Å². The van der Waals surface area contributed by atoms with E-state index in [1.807, 2.05) is 0 Å². The predicted molar refractivity (Wildman–Crippen MR) is 53.0 cm³/mol. The van der Waals surface area contributed by atoms with Gasteiger partial charge in [0.15, 0.2) is 14.9 Å². The first-order valence-corrected chi connectivity index (χ1v) is 7.88. The van der Waals surface area contributed by atoms with Crippen LogP contribution in [0.25, 0.3) is 0 Å². The van der Waals surface area contributed by atoms with Crippen molar-refractivity contribution in [3.8, 4) is 0 Å². The van der Waals surface area contributed by atoms with Crippen molar-refractivity contribution in [3.05, 3.63) is 0 Å². The summed E-state index contributed by atoms with van der Waals surface area (Å²) >= 11 is 0. The maximum absolute atomic E-state index is 11.3. The average Bonchev–Trinajstić information content (AvgIpc) is 2.31. The van der Waals surface area contributed by atoms with Gasteiger partial charge in [0.05, 0.1) is 0 Å². The summed E-state index contributed by atoms with van der Waals surface area (Å²) in [5, 5.41) is 2.14. The summed E-state index contributed by atoms with van der Waals surface area (Å²) in [4.78, 5) is 0. The Bertz CT molecular complexity index is 380. The van der Waals surface area contributed by atoms with Gasteiger partial charge in [-0.15, -0.1) is 0 Å². The zero-order valence-corrected chi connectivity index (χ0v) is 9.49. The lowest BCUT2D eigenvalue weighted by Crippen LogP contribution is -2.39. The molecule has 14 heavy (non-hydrogen) atoms. The maximum atomic E-state index is 11.3. The van der Waals surface area contributed by atoms with Gasteiger partial charge >= 0.3 is 0 Å². The first-order valence-electron chi connectivity index (χ1n) is 4.17. The lowest BCUT2D eigenvalue weighted by Gasteiger charge is -2.10. The van der Waals surface area contributed by atoms with Crippen LogP contribution < -0.4 is 10.0 Å². The zero-order chi connectivity index (χ0) is 10.8. The van der Waals surface area contributed by atoms with E-state index in [-0.39, 0.29) is 6.04 Å². The van der Waals surface area contributed by atoms with Gasteiger partial charge in [-0.2, -0.15) is 0 Å². The van der Waals surface area contributed by atoms with Crippen LogP contribution in [0.1, 0.15) is 6.42 Å². The van der Waals surface area contributed by atoms with Crippen molar-refractivity contribution < 1.29 is 16.8 Å².